The zero-order valence-corrected chi connectivity index (χ0v) is 11.5. The second-order valence-electron chi connectivity index (χ2n) is 4.80. The maximum atomic E-state index is 11.6. The lowest BCUT2D eigenvalue weighted by Gasteiger charge is -2.31. The minimum Gasteiger partial charge on any atom is -0.449 e. The summed E-state index contributed by atoms with van der Waals surface area (Å²) < 4.78 is 11.4. The topological polar surface area (TPSA) is 73.7 Å². The van der Waals surface area contributed by atoms with Crippen molar-refractivity contribution in [3.63, 3.8) is 0 Å². The van der Waals surface area contributed by atoms with Crippen LogP contribution in [0.15, 0.2) is 18.7 Å². The molecule has 0 radical (unpaired) electrons. The molecular weight excluding hydrogens is 262 g/mol. The number of hydrogen-bond acceptors (Lipinski definition) is 5. The lowest BCUT2D eigenvalue weighted by atomic mass is 9.98. The van der Waals surface area contributed by atoms with Gasteiger partial charge in [-0.25, -0.2) is 14.3 Å². The van der Waals surface area contributed by atoms with Crippen LogP contribution in [-0.4, -0.2) is 59.9 Å². The Hall–Kier alpha value is -1.89. The maximum Gasteiger partial charge on any atom is 0.419 e. The van der Waals surface area contributed by atoms with Crippen LogP contribution in [0.3, 0.4) is 0 Å². The molecule has 0 spiro atoms. The van der Waals surface area contributed by atoms with E-state index in [0.29, 0.717) is 25.6 Å². The lowest BCUT2D eigenvalue weighted by molar-refractivity contribution is -0.136. The van der Waals surface area contributed by atoms with E-state index in [1.165, 1.54) is 24.2 Å². The highest BCUT2D eigenvalue weighted by Gasteiger charge is 2.23. The molecule has 0 N–H and O–H groups in total. The van der Waals surface area contributed by atoms with Gasteiger partial charge in [-0.3, -0.25) is 4.79 Å². The summed E-state index contributed by atoms with van der Waals surface area (Å²) in [7, 11) is 1.51. The standard InChI is InChI=1S/C13H19N3O4/c1-19-9-12(17)15-5-2-11(3-6-15)8-20-13(18)16-7-4-14-10-16/h4,7,10-11H,2-3,5-6,8-9H2,1H3. The molecule has 1 saturated heterocycles. The Labute approximate surface area is 117 Å². The van der Waals surface area contributed by atoms with E-state index in [-0.39, 0.29) is 12.5 Å². The van der Waals surface area contributed by atoms with Gasteiger partial charge in [0.1, 0.15) is 12.9 Å². The number of ether oxygens (including phenoxy) is 2. The Morgan fingerprint density at radius 3 is 2.70 bits per heavy atom. The molecule has 0 aromatic carbocycles. The molecule has 0 bridgehead atoms. The predicted octanol–water partition coefficient (Wildman–Crippen LogP) is 0.753. The molecule has 0 unspecified atom stereocenters. The molecule has 0 saturated carbocycles. The van der Waals surface area contributed by atoms with Crippen LogP contribution in [0.2, 0.25) is 0 Å². The van der Waals surface area contributed by atoms with Gasteiger partial charge in [-0.2, -0.15) is 0 Å². The number of imidazole rings is 1. The summed E-state index contributed by atoms with van der Waals surface area (Å²) in [6.07, 6.45) is 5.75. The summed E-state index contributed by atoms with van der Waals surface area (Å²) in [5.74, 6) is 0.315. The number of aromatic nitrogens is 2. The van der Waals surface area contributed by atoms with Crippen LogP contribution >= 0.6 is 0 Å². The Morgan fingerprint density at radius 1 is 1.35 bits per heavy atom. The molecule has 1 amide bonds. The van der Waals surface area contributed by atoms with Crippen LogP contribution in [0.25, 0.3) is 0 Å². The quantitative estimate of drug-likeness (QED) is 0.814. The normalized spacial score (nSPS) is 16.1. The second-order valence-corrected chi connectivity index (χ2v) is 4.80. The van der Waals surface area contributed by atoms with Gasteiger partial charge in [0.2, 0.25) is 5.91 Å². The molecule has 1 aliphatic rings. The van der Waals surface area contributed by atoms with Crippen molar-refractivity contribution in [2.75, 3.05) is 33.4 Å². The monoisotopic (exact) mass is 281 g/mol. The van der Waals surface area contributed by atoms with E-state index in [4.69, 9.17) is 9.47 Å². The largest absolute Gasteiger partial charge is 0.449 e. The average molecular weight is 281 g/mol. The smallest absolute Gasteiger partial charge is 0.419 e. The average Bonchev–Trinajstić information content (AvgIpc) is 3.00. The van der Waals surface area contributed by atoms with E-state index in [0.717, 1.165) is 12.8 Å². The van der Waals surface area contributed by atoms with Crippen LogP contribution in [0.5, 0.6) is 0 Å². The molecule has 1 aromatic rings. The van der Waals surface area contributed by atoms with Crippen molar-refractivity contribution < 1.29 is 19.1 Å². The summed E-state index contributed by atoms with van der Waals surface area (Å²) in [4.78, 5) is 28.8. The van der Waals surface area contributed by atoms with E-state index in [1.54, 1.807) is 11.1 Å². The summed E-state index contributed by atoms with van der Waals surface area (Å²) in [5, 5.41) is 0. The fourth-order valence-corrected chi connectivity index (χ4v) is 2.19. The molecule has 0 aliphatic carbocycles. The third kappa shape index (κ3) is 3.80. The number of carbonyl (C=O) groups is 2. The van der Waals surface area contributed by atoms with Crippen molar-refractivity contribution in [1.82, 2.24) is 14.5 Å². The van der Waals surface area contributed by atoms with Gasteiger partial charge in [0.25, 0.3) is 0 Å². The van der Waals surface area contributed by atoms with Crippen LogP contribution in [0, 0.1) is 5.92 Å². The molecular formula is C13H19N3O4. The highest BCUT2D eigenvalue weighted by molar-refractivity contribution is 5.77. The number of rotatable bonds is 4. The van der Waals surface area contributed by atoms with Crippen LogP contribution < -0.4 is 0 Å². The van der Waals surface area contributed by atoms with Crippen molar-refractivity contribution in [2.45, 2.75) is 12.8 Å². The minimum absolute atomic E-state index is 0.0151. The van der Waals surface area contributed by atoms with Crippen molar-refractivity contribution in [3.05, 3.63) is 18.7 Å². The van der Waals surface area contributed by atoms with Gasteiger partial charge in [-0.1, -0.05) is 0 Å². The van der Waals surface area contributed by atoms with Crippen molar-refractivity contribution in [2.24, 2.45) is 5.92 Å². The molecule has 110 valence electrons. The maximum absolute atomic E-state index is 11.6. The van der Waals surface area contributed by atoms with Crippen molar-refractivity contribution in [1.29, 1.82) is 0 Å². The zero-order valence-electron chi connectivity index (χ0n) is 11.5. The van der Waals surface area contributed by atoms with Crippen LogP contribution in [0.4, 0.5) is 4.79 Å². The van der Waals surface area contributed by atoms with Crippen LogP contribution in [0.1, 0.15) is 12.8 Å². The van der Waals surface area contributed by atoms with Gasteiger partial charge in [0.15, 0.2) is 0 Å². The molecule has 7 nitrogen and oxygen atoms in total. The van der Waals surface area contributed by atoms with Gasteiger partial charge < -0.3 is 14.4 Å². The Bertz CT molecular complexity index is 438. The number of methoxy groups -OCH3 is 1. The predicted molar refractivity (Wildman–Crippen MR) is 70.2 cm³/mol. The van der Waals surface area contributed by atoms with Crippen molar-refractivity contribution >= 4 is 12.0 Å². The Morgan fingerprint density at radius 2 is 2.10 bits per heavy atom. The summed E-state index contributed by atoms with van der Waals surface area (Å²) in [6.45, 7) is 1.88. The molecule has 2 heterocycles. The molecule has 1 fully saturated rings. The highest BCUT2D eigenvalue weighted by Crippen LogP contribution is 2.17. The third-order valence-corrected chi connectivity index (χ3v) is 3.39. The van der Waals surface area contributed by atoms with Gasteiger partial charge in [-0.05, 0) is 18.8 Å². The Balaban J connectivity index is 1.69. The van der Waals surface area contributed by atoms with E-state index in [2.05, 4.69) is 4.98 Å². The highest BCUT2D eigenvalue weighted by atomic mass is 16.5. The number of carbonyl (C=O) groups excluding carboxylic acids is 2. The molecule has 20 heavy (non-hydrogen) atoms. The second kappa shape index (κ2) is 7.04. The molecule has 2 rings (SSSR count). The Kier molecular flexibility index (Phi) is 5.11. The van der Waals surface area contributed by atoms with E-state index in [1.807, 2.05) is 0 Å². The molecule has 0 atom stereocenters. The van der Waals surface area contributed by atoms with E-state index in [9.17, 15) is 9.59 Å². The van der Waals surface area contributed by atoms with Gasteiger partial charge >= 0.3 is 6.09 Å². The van der Waals surface area contributed by atoms with Gasteiger partial charge in [0, 0.05) is 32.6 Å². The van der Waals surface area contributed by atoms with Crippen molar-refractivity contribution in [3.8, 4) is 0 Å². The SMILES string of the molecule is COCC(=O)N1CCC(COC(=O)n2ccnc2)CC1. The first kappa shape index (κ1) is 14.5. The molecule has 7 heteroatoms. The summed E-state index contributed by atoms with van der Waals surface area (Å²) in [5.41, 5.74) is 0. The molecule has 1 aromatic heterocycles. The number of hydrogen-bond donors (Lipinski definition) is 0. The first-order valence-electron chi connectivity index (χ1n) is 6.62. The number of likely N-dealkylation sites (tertiary alicyclic amines) is 1. The van der Waals surface area contributed by atoms with Crippen LogP contribution in [-0.2, 0) is 14.3 Å². The first-order chi connectivity index (χ1) is 9.70. The van der Waals surface area contributed by atoms with E-state index < -0.39 is 6.09 Å². The number of amides is 1. The first-order valence-corrected chi connectivity index (χ1v) is 6.62. The van der Waals surface area contributed by atoms with Gasteiger partial charge in [0.05, 0.1) is 6.61 Å². The number of piperidine rings is 1. The third-order valence-electron chi connectivity index (χ3n) is 3.39. The lowest BCUT2D eigenvalue weighted by Crippen LogP contribution is -2.41. The fourth-order valence-electron chi connectivity index (χ4n) is 2.19. The van der Waals surface area contributed by atoms with E-state index >= 15 is 0 Å². The minimum atomic E-state index is -0.416. The zero-order chi connectivity index (χ0) is 14.4. The summed E-state index contributed by atoms with van der Waals surface area (Å²) >= 11 is 0. The molecule has 1 aliphatic heterocycles. The fraction of sp³-hybridized carbons (Fsp3) is 0.615. The van der Waals surface area contributed by atoms with Gasteiger partial charge in [-0.15, -0.1) is 0 Å². The summed E-state index contributed by atoms with van der Waals surface area (Å²) in [6, 6.07) is 0. The number of nitrogens with zero attached hydrogens (tertiary/aromatic N) is 3.